The van der Waals surface area contributed by atoms with Gasteiger partial charge >= 0.3 is 0 Å². The highest BCUT2D eigenvalue weighted by atomic mass is 32.2. The van der Waals surface area contributed by atoms with E-state index in [1.807, 2.05) is 20.8 Å². The number of thiophene rings is 1. The Morgan fingerprint density at radius 3 is 2.48 bits per heavy atom. The Kier molecular flexibility index (Phi) is 4.65. The minimum Gasteiger partial charge on any atom is -0.359 e. The highest BCUT2D eigenvalue weighted by molar-refractivity contribution is 7.89. The third-order valence-corrected chi connectivity index (χ3v) is 5.94. The van der Waals surface area contributed by atoms with Crippen LogP contribution >= 0.6 is 11.3 Å². The number of carbonyl (C=O) groups is 1. The molecular formula is C14H19N3O4S2. The van der Waals surface area contributed by atoms with Gasteiger partial charge in [0.05, 0.1) is 9.77 Å². The van der Waals surface area contributed by atoms with E-state index in [2.05, 4.69) is 10.5 Å². The van der Waals surface area contributed by atoms with Crippen molar-refractivity contribution >= 4 is 33.1 Å². The first-order valence-corrected chi connectivity index (χ1v) is 9.13. The van der Waals surface area contributed by atoms with Gasteiger partial charge in [0.25, 0.3) is 5.91 Å². The fourth-order valence-corrected chi connectivity index (χ4v) is 3.71. The van der Waals surface area contributed by atoms with Gasteiger partial charge in [0, 0.05) is 31.0 Å². The van der Waals surface area contributed by atoms with Crippen molar-refractivity contribution in [3.05, 3.63) is 28.2 Å². The third kappa shape index (κ3) is 3.80. The molecule has 2 aromatic rings. The number of aromatic nitrogens is 1. The molecule has 0 spiro atoms. The van der Waals surface area contributed by atoms with Crippen LogP contribution in [0.1, 0.15) is 36.2 Å². The predicted octanol–water partition coefficient (Wildman–Crippen LogP) is 2.54. The van der Waals surface area contributed by atoms with E-state index in [-0.39, 0.29) is 15.2 Å². The molecule has 0 radical (unpaired) electrons. The maximum absolute atomic E-state index is 12.2. The van der Waals surface area contributed by atoms with E-state index in [9.17, 15) is 13.2 Å². The molecule has 2 rings (SSSR count). The van der Waals surface area contributed by atoms with Crippen LogP contribution < -0.4 is 5.32 Å². The zero-order chi connectivity index (χ0) is 17.4. The van der Waals surface area contributed by atoms with Gasteiger partial charge in [-0.25, -0.2) is 12.7 Å². The number of amides is 1. The Morgan fingerprint density at radius 1 is 1.30 bits per heavy atom. The molecule has 0 fully saturated rings. The highest BCUT2D eigenvalue weighted by Crippen LogP contribution is 2.26. The number of nitrogens with zero attached hydrogens (tertiary/aromatic N) is 2. The van der Waals surface area contributed by atoms with Crippen molar-refractivity contribution in [2.45, 2.75) is 31.1 Å². The Morgan fingerprint density at radius 2 is 1.96 bits per heavy atom. The second-order valence-corrected chi connectivity index (χ2v) is 9.28. The second-order valence-electron chi connectivity index (χ2n) is 6.21. The lowest BCUT2D eigenvalue weighted by Crippen LogP contribution is -2.21. The first kappa shape index (κ1) is 17.6. The first-order chi connectivity index (χ1) is 10.5. The zero-order valence-electron chi connectivity index (χ0n) is 13.6. The lowest BCUT2D eigenvalue weighted by Gasteiger charge is -2.11. The van der Waals surface area contributed by atoms with Crippen LogP contribution in [0.4, 0.5) is 5.82 Å². The van der Waals surface area contributed by atoms with Gasteiger partial charge in [-0.3, -0.25) is 4.79 Å². The van der Waals surface area contributed by atoms with E-state index >= 15 is 0 Å². The summed E-state index contributed by atoms with van der Waals surface area (Å²) in [7, 11) is -0.667. The molecular weight excluding hydrogens is 338 g/mol. The van der Waals surface area contributed by atoms with Crippen molar-refractivity contribution in [2.75, 3.05) is 19.4 Å². The number of anilines is 1. The Balaban J connectivity index is 2.16. The zero-order valence-corrected chi connectivity index (χ0v) is 15.2. The van der Waals surface area contributed by atoms with E-state index in [0.29, 0.717) is 11.6 Å². The molecule has 0 atom stereocenters. The second kappa shape index (κ2) is 6.06. The van der Waals surface area contributed by atoms with Crippen molar-refractivity contribution in [1.29, 1.82) is 0 Å². The summed E-state index contributed by atoms with van der Waals surface area (Å²) in [6.45, 7) is 5.91. The molecule has 0 saturated heterocycles. The SMILES string of the molecule is CN(C)S(=O)(=O)c1csc(C(=O)Nc2cc(C(C)(C)C)on2)c1. The summed E-state index contributed by atoms with van der Waals surface area (Å²) in [4.78, 5) is 12.6. The molecule has 7 nitrogen and oxygen atoms in total. The minimum atomic E-state index is -3.55. The maximum atomic E-state index is 12.2. The molecule has 0 aliphatic heterocycles. The van der Waals surface area contributed by atoms with Crippen LogP contribution in [0, 0.1) is 0 Å². The monoisotopic (exact) mass is 357 g/mol. The van der Waals surface area contributed by atoms with E-state index in [1.165, 1.54) is 25.5 Å². The van der Waals surface area contributed by atoms with Crippen LogP contribution in [0.2, 0.25) is 0 Å². The number of sulfonamides is 1. The molecule has 126 valence electrons. The number of carbonyl (C=O) groups excluding carboxylic acids is 1. The fraction of sp³-hybridized carbons (Fsp3) is 0.429. The first-order valence-electron chi connectivity index (χ1n) is 6.81. The van der Waals surface area contributed by atoms with Crippen molar-refractivity contribution in [1.82, 2.24) is 9.46 Å². The van der Waals surface area contributed by atoms with E-state index in [1.54, 1.807) is 6.07 Å². The number of nitrogens with one attached hydrogen (secondary N) is 1. The molecule has 1 amide bonds. The van der Waals surface area contributed by atoms with Crippen LogP contribution in [0.15, 0.2) is 26.9 Å². The lowest BCUT2D eigenvalue weighted by molar-refractivity contribution is 0.102. The normalized spacial score (nSPS) is 12.6. The van der Waals surface area contributed by atoms with Crippen LogP contribution in [0.25, 0.3) is 0 Å². The summed E-state index contributed by atoms with van der Waals surface area (Å²) >= 11 is 1.06. The van der Waals surface area contributed by atoms with E-state index in [0.717, 1.165) is 15.6 Å². The van der Waals surface area contributed by atoms with Crippen LogP contribution in [-0.2, 0) is 15.4 Å². The highest BCUT2D eigenvalue weighted by Gasteiger charge is 2.23. The topological polar surface area (TPSA) is 92.5 Å². The number of rotatable bonds is 4. The predicted molar refractivity (Wildman–Crippen MR) is 88.3 cm³/mol. The van der Waals surface area contributed by atoms with Gasteiger partial charge < -0.3 is 9.84 Å². The molecule has 2 aromatic heterocycles. The van der Waals surface area contributed by atoms with E-state index in [4.69, 9.17) is 4.52 Å². The standard InChI is InChI=1S/C14H19N3O4S2/c1-14(2,3)11-7-12(16-21-11)15-13(18)10-6-9(8-22-10)23(19,20)17(4)5/h6-8H,1-5H3,(H,15,16,18). The molecule has 0 unspecified atom stereocenters. The maximum Gasteiger partial charge on any atom is 0.267 e. The molecule has 0 saturated carbocycles. The summed E-state index contributed by atoms with van der Waals surface area (Å²) in [5, 5.41) is 7.84. The molecule has 1 N–H and O–H groups in total. The smallest absolute Gasteiger partial charge is 0.267 e. The Labute approximate surface area is 139 Å². The van der Waals surface area contributed by atoms with Crippen molar-refractivity contribution in [2.24, 2.45) is 0 Å². The van der Waals surface area contributed by atoms with Gasteiger partial charge in [0.1, 0.15) is 5.76 Å². The third-order valence-electron chi connectivity index (χ3n) is 3.07. The van der Waals surface area contributed by atoms with Crippen molar-refractivity contribution < 1.29 is 17.7 Å². The summed E-state index contributed by atoms with van der Waals surface area (Å²) in [6.07, 6.45) is 0. The minimum absolute atomic E-state index is 0.0909. The Hall–Kier alpha value is -1.71. The average molecular weight is 357 g/mol. The molecule has 0 aliphatic carbocycles. The molecule has 0 aliphatic rings. The summed E-state index contributed by atoms with van der Waals surface area (Å²) in [5.74, 6) is 0.518. The Bertz CT molecular complexity index is 813. The lowest BCUT2D eigenvalue weighted by atomic mass is 9.93. The van der Waals surface area contributed by atoms with Crippen LogP contribution in [0.5, 0.6) is 0 Å². The number of hydrogen-bond acceptors (Lipinski definition) is 6. The van der Waals surface area contributed by atoms with Gasteiger partial charge in [0.15, 0.2) is 5.82 Å². The molecule has 0 aromatic carbocycles. The van der Waals surface area contributed by atoms with Crippen molar-refractivity contribution in [3.8, 4) is 0 Å². The van der Waals surface area contributed by atoms with Gasteiger partial charge in [0.2, 0.25) is 10.0 Å². The summed E-state index contributed by atoms with van der Waals surface area (Å²) in [5.41, 5.74) is -0.216. The summed E-state index contributed by atoms with van der Waals surface area (Å²) in [6, 6.07) is 3.00. The van der Waals surface area contributed by atoms with Gasteiger partial charge in [-0.1, -0.05) is 25.9 Å². The summed E-state index contributed by atoms with van der Waals surface area (Å²) < 4.78 is 30.3. The van der Waals surface area contributed by atoms with Crippen molar-refractivity contribution in [3.63, 3.8) is 0 Å². The van der Waals surface area contributed by atoms with Gasteiger partial charge in [-0.05, 0) is 6.07 Å². The largest absolute Gasteiger partial charge is 0.359 e. The molecule has 2 heterocycles. The van der Waals surface area contributed by atoms with Gasteiger partial charge in [-0.15, -0.1) is 11.3 Å². The van der Waals surface area contributed by atoms with Gasteiger partial charge in [-0.2, -0.15) is 0 Å². The molecule has 9 heteroatoms. The molecule has 23 heavy (non-hydrogen) atoms. The average Bonchev–Trinajstić information content (AvgIpc) is 3.06. The molecule has 0 bridgehead atoms. The quantitative estimate of drug-likeness (QED) is 0.908. The fourth-order valence-electron chi connectivity index (χ4n) is 1.65. The number of hydrogen-bond donors (Lipinski definition) is 1. The van der Waals surface area contributed by atoms with Crippen LogP contribution in [-0.4, -0.2) is 37.9 Å². The van der Waals surface area contributed by atoms with E-state index < -0.39 is 15.9 Å². The van der Waals surface area contributed by atoms with Crippen LogP contribution in [0.3, 0.4) is 0 Å².